The van der Waals surface area contributed by atoms with E-state index in [1.54, 1.807) is 6.07 Å². The molecule has 2 heteroatoms. The molecule has 82 valence electrons. The molecule has 0 aliphatic heterocycles. The smallest absolute Gasteiger partial charge is 0.196 e. The Hall–Kier alpha value is -1.83. The predicted molar refractivity (Wildman–Crippen MR) is 65.1 cm³/mol. The van der Waals surface area contributed by atoms with Gasteiger partial charge in [0.1, 0.15) is 0 Å². The molecule has 0 radical (unpaired) electrons. The Bertz CT molecular complexity index is 453. The molecule has 1 nitrogen and oxygen atoms in total. The maximum atomic E-state index is 13.9. The van der Waals surface area contributed by atoms with E-state index in [4.69, 9.17) is 0 Å². The van der Waals surface area contributed by atoms with Crippen molar-refractivity contribution in [2.75, 3.05) is 5.32 Å². The highest BCUT2D eigenvalue weighted by Crippen LogP contribution is 2.21. The van der Waals surface area contributed by atoms with Crippen molar-refractivity contribution in [2.45, 2.75) is 13.2 Å². The van der Waals surface area contributed by atoms with Crippen molar-refractivity contribution >= 4 is 5.69 Å². The lowest BCUT2D eigenvalue weighted by Gasteiger charge is -2.12. The van der Waals surface area contributed by atoms with Gasteiger partial charge in [-0.3, -0.25) is 0 Å². The summed E-state index contributed by atoms with van der Waals surface area (Å²) in [7, 11) is 0. The third kappa shape index (κ3) is 2.60. The van der Waals surface area contributed by atoms with Crippen LogP contribution in [-0.2, 0) is 0 Å². The third-order valence-electron chi connectivity index (χ3n) is 2.40. The molecule has 0 aliphatic carbocycles. The number of hydrogen-bond donors (Lipinski definition) is 1. The van der Waals surface area contributed by atoms with E-state index < -0.39 is 6.30 Å². The summed E-state index contributed by atoms with van der Waals surface area (Å²) in [6.45, 7) is 1.96. The number of para-hydroxylation sites is 1. The fourth-order valence-electron chi connectivity index (χ4n) is 1.59. The van der Waals surface area contributed by atoms with Crippen LogP contribution in [0.1, 0.15) is 17.4 Å². The zero-order chi connectivity index (χ0) is 11.4. The van der Waals surface area contributed by atoms with Crippen molar-refractivity contribution in [1.82, 2.24) is 0 Å². The minimum absolute atomic E-state index is 0.656. The van der Waals surface area contributed by atoms with Crippen LogP contribution in [0, 0.1) is 6.92 Å². The molecule has 2 rings (SSSR count). The summed E-state index contributed by atoms with van der Waals surface area (Å²) in [5, 5.41) is 2.82. The lowest BCUT2D eigenvalue weighted by Crippen LogP contribution is -2.04. The van der Waals surface area contributed by atoms with Crippen molar-refractivity contribution in [3.63, 3.8) is 0 Å². The Labute approximate surface area is 94.9 Å². The third-order valence-corrected chi connectivity index (χ3v) is 2.40. The van der Waals surface area contributed by atoms with Crippen molar-refractivity contribution in [3.05, 3.63) is 65.7 Å². The predicted octanol–water partition coefficient (Wildman–Crippen LogP) is 4.08. The summed E-state index contributed by atoms with van der Waals surface area (Å²) in [4.78, 5) is 0. The molecule has 0 saturated heterocycles. The summed E-state index contributed by atoms with van der Waals surface area (Å²) in [6, 6.07) is 16.8. The normalized spacial score (nSPS) is 12.1. The minimum atomic E-state index is -1.16. The molecule has 0 aromatic heterocycles. The Morgan fingerprint density at radius 2 is 1.75 bits per heavy atom. The Balaban J connectivity index is 2.12. The van der Waals surface area contributed by atoms with Gasteiger partial charge in [-0.2, -0.15) is 0 Å². The van der Waals surface area contributed by atoms with Crippen LogP contribution >= 0.6 is 0 Å². The number of halogens is 1. The van der Waals surface area contributed by atoms with E-state index in [2.05, 4.69) is 5.32 Å². The standard InChI is InChI=1S/C14H14FN/c1-11-6-5-7-12(10-11)14(15)16-13-8-3-2-4-9-13/h2-10,14,16H,1H3. The monoisotopic (exact) mass is 215 g/mol. The molecule has 0 fully saturated rings. The molecule has 16 heavy (non-hydrogen) atoms. The maximum Gasteiger partial charge on any atom is 0.196 e. The van der Waals surface area contributed by atoms with Gasteiger partial charge in [0.25, 0.3) is 0 Å². The molecule has 1 N–H and O–H groups in total. The van der Waals surface area contributed by atoms with Gasteiger partial charge < -0.3 is 5.32 Å². The first-order valence-corrected chi connectivity index (χ1v) is 5.28. The first-order valence-electron chi connectivity index (χ1n) is 5.28. The number of rotatable bonds is 3. The van der Waals surface area contributed by atoms with Crippen molar-refractivity contribution in [3.8, 4) is 0 Å². The molecular formula is C14H14FN. The molecule has 0 spiro atoms. The molecule has 0 heterocycles. The quantitative estimate of drug-likeness (QED) is 0.761. The van der Waals surface area contributed by atoms with E-state index in [-0.39, 0.29) is 0 Å². The SMILES string of the molecule is Cc1cccc(C(F)Nc2ccccc2)c1. The lowest BCUT2D eigenvalue weighted by atomic mass is 10.1. The number of aryl methyl sites for hydroxylation is 1. The zero-order valence-corrected chi connectivity index (χ0v) is 9.15. The summed E-state index contributed by atoms with van der Waals surface area (Å²) < 4.78 is 13.9. The van der Waals surface area contributed by atoms with Gasteiger partial charge in [0.05, 0.1) is 0 Å². The topological polar surface area (TPSA) is 12.0 Å². The van der Waals surface area contributed by atoms with Crippen LogP contribution in [-0.4, -0.2) is 0 Å². The van der Waals surface area contributed by atoms with E-state index in [1.165, 1.54) is 0 Å². The highest BCUT2D eigenvalue weighted by molar-refractivity contribution is 5.44. The molecule has 0 saturated carbocycles. The van der Waals surface area contributed by atoms with E-state index in [0.29, 0.717) is 5.56 Å². The first-order chi connectivity index (χ1) is 7.75. The van der Waals surface area contributed by atoms with Gasteiger partial charge in [-0.05, 0) is 19.1 Å². The largest absolute Gasteiger partial charge is 0.352 e. The number of benzene rings is 2. The highest BCUT2D eigenvalue weighted by atomic mass is 19.1. The van der Waals surface area contributed by atoms with Crippen LogP contribution < -0.4 is 5.32 Å². The maximum absolute atomic E-state index is 13.9. The fourth-order valence-corrected chi connectivity index (χ4v) is 1.59. The van der Waals surface area contributed by atoms with Gasteiger partial charge in [-0.25, -0.2) is 4.39 Å². The van der Waals surface area contributed by atoms with E-state index in [1.807, 2.05) is 55.5 Å². The van der Waals surface area contributed by atoms with Crippen LogP contribution in [0.5, 0.6) is 0 Å². The minimum Gasteiger partial charge on any atom is -0.352 e. The average molecular weight is 215 g/mol. The van der Waals surface area contributed by atoms with Crippen LogP contribution in [0.15, 0.2) is 54.6 Å². The van der Waals surface area contributed by atoms with Gasteiger partial charge in [0.15, 0.2) is 6.30 Å². The Morgan fingerprint density at radius 3 is 2.44 bits per heavy atom. The Kier molecular flexibility index (Phi) is 3.20. The lowest BCUT2D eigenvalue weighted by molar-refractivity contribution is 0.385. The zero-order valence-electron chi connectivity index (χ0n) is 9.15. The molecule has 2 aromatic carbocycles. The molecule has 1 unspecified atom stereocenters. The number of hydrogen-bond acceptors (Lipinski definition) is 1. The molecule has 0 bridgehead atoms. The van der Waals surface area contributed by atoms with Gasteiger partial charge >= 0.3 is 0 Å². The van der Waals surface area contributed by atoms with Gasteiger partial charge in [-0.15, -0.1) is 0 Å². The summed E-state index contributed by atoms with van der Waals surface area (Å²) >= 11 is 0. The second-order valence-electron chi connectivity index (χ2n) is 3.79. The highest BCUT2D eigenvalue weighted by Gasteiger charge is 2.08. The van der Waals surface area contributed by atoms with Crippen molar-refractivity contribution < 1.29 is 4.39 Å². The fraction of sp³-hybridized carbons (Fsp3) is 0.143. The van der Waals surface area contributed by atoms with Crippen molar-refractivity contribution in [1.29, 1.82) is 0 Å². The summed E-state index contributed by atoms with van der Waals surface area (Å²) in [6.07, 6.45) is -1.16. The van der Waals surface area contributed by atoms with Crippen LogP contribution in [0.25, 0.3) is 0 Å². The summed E-state index contributed by atoms with van der Waals surface area (Å²) in [5.41, 5.74) is 2.51. The second kappa shape index (κ2) is 4.79. The average Bonchev–Trinajstić information content (AvgIpc) is 2.30. The van der Waals surface area contributed by atoms with Gasteiger partial charge in [0.2, 0.25) is 0 Å². The molecular weight excluding hydrogens is 201 g/mol. The van der Waals surface area contributed by atoms with E-state index >= 15 is 0 Å². The van der Waals surface area contributed by atoms with Crippen LogP contribution in [0.3, 0.4) is 0 Å². The van der Waals surface area contributed by atoms with Crippen molar-refractivity contribution in [2.24, 2.45) is 0 Å². The van der Waals surface area contributed by atoms with Crippen LogP contribution in [0.2, 0.25) is 0 Å². The second-order valence-corrected chi connectivity index (χ2v) is 3.79. The Morgan fingerprint density at radius 1 is 1.00 bits per heavy atom. The van der Waals surface area contributed by atoms with Gasteiger partial charge in [0, 0.05) is 11.3 Å². The number of alkyl halides is 1. The molecule has 1 atom stereocenters. The van der Waals surface area contributed by atoms with E-state index in [0.717, 1.165) is 11.3 Å². The van der Waals surface area contributed by atoms with E-state index in [9.17, 15) is 4.39 Å². The number of nitrogens with one attached hydrogen (secondary N) is 1. The summed E-state index contributed by atoms with van der Waals surface area (Å²) in [5.74, 6) is 0. The first kappa shape index (κ1) is 10.7. The molecule has 0 aliphatic rings. The van der Waals surface area contributed by atoms with Gasteiger partial charge in [-0.1, -0.05) is 48.0 Å². The van der Waals surface area contributed by atoms with Crippen LogP contribution in [0.4, 0.5) is 10.1 Å². The molecule has 2 aromatic rings. The molecule has 0 amide bonds. The number of anilines is 1.